The van der Waals surface area contributed by atoms with Crippen molar-refractivity contribution in [2.75, 3.05) is 26.6 Å². The van der Waals surface area contributed by atoms with Crippen molar-refractivity contribution in [3.63, 3.8) is 0 Å². The Morgan fingerprint density at radius 1 is 0.844 bits per heavy atom. The summed E-state index contributed by atoms with van der Waals surface area (Å²) in [6.07, 6.45) is 3.78. The molecule has 1 spiro atoms. The third kappa shape index (κ3) is 4.14. The predicted octanol–water partition coefficient (Wildman–Crippen LogP) is 6.46. The number of para-hydroxylation sites is 1. The molecule has 4 aromatic rings. The lowest BCUT2D eigenvalue weighted by Gasteiger charge is -2.38. The highest BCUT2D eigenvalue weighted by atomic mass is 79.9. The number of methoxy groups -OCH3 is 3. The van der Waals surface area contributed by atoms with E-state index in [-0.39, 0.29) is 17.3 Å². The number of halogens is 1. The molecule has 4 atom stereocenters. The van der Waals surface area contributed by atoms with Crippen molar-refractivity contribution in [2.45, 2.75) is 17.5 Å². The zero-order chi connectivity index (χ0) is 31.5. The van der Waals surface area contributed by atoms with Crippen LogP contribution in [0.15, 0.2) is 95.6 Å². The number of ether oxygens (including phenoxy) is 3. The molecule has 0 aliphatic carbocycles. The number of nitrogens with one attached hydrogen (secondary N) is 1. The molecule has 1 amide bonds. The maximum absolute atomic E-state index is 15.2. The molecule has 0 saturated carbocycles. The Bertz CT molecular complexity index is 1920. The van der Waals surface area contributed by atoms with Crippen LogP contribution in [0, 0.1) is 5.92 Å². The Morgan fingerprint density at radius 2 is 1.58 bits per heavy atom. The Labute approximate surface area is 268 Å². The second kappa shape index (κ2) is 10.9. The van der Waals surface area contributed by atoms with Crippen LogP contribution in [0.2, 0.25) is 0 Å². The maximum Gasteiger partial charge on any atom is 0.238 e. The van der Waals surface area contributed by atoms with Gasteiger partial charge in [0.15, 0.2) is 11.6 Å². The average Bonchev–Trinajstić information content (AvgIpc) is 3.55. The summed E-state index contributed by atoms with van der Waals surface area (Å²) in [4.78, 5) is 46.7. The van der Waals surface area contributed by atoms with Crippen molar-refractivity contribution >= 4 is 45.2 Å². The zero-order valence-electron chi connectivity index (χ0n) is 24.7. The van der Waals surface area contributed by atoms with Gasteiger partial charge in [0.1, 0.15) is 28.7 Å². The molecule has 1 fully saturated rings. The molecule has 0 unspecified atom stereocenters. The van der Waals surface area contributed by atoms with Gasteiger partial charge in [0.25, 0.3) is 0 Å². The monoisotopic (exact) mass is 664 g/mol. The number of hydrogen-bond acceptors (Lipinski definition) is 7. The van der Waals surface area contributed by atoms with Crippen LogP contribution in [0.25, 0.3) is 6.08 Å². The van der Waals surface area contributed by atoms with Crippen molar-refractivity contribution in [3.8, 4) is 17.2 Å². The first kappa shape index (κ1) is 28.9. The topological polar surface area (TPSA) is 94.2 Å². The van der Waals surface area contributed by atoms with E-state index >= 15 is 4.79 Å². The highest BCUT2D eigenvalue weighted by Gasteiger charge is 2.71. The summed E-state index contributed by atoms with van der Waals surface area (Å²) in [5, 5.41) is 3.07. The van der Waals surface area contributed by atoms with Crippen LogP contribution in [-0.4, -0.2) is 49.7 Å². The van der Waals surface area contributed by atoms with Gasteiger partial charge in [-0.1, -0.05) is 42.5 Å². The van der Waals surface area contributed by atoms with E-state index in [1.165, 1.54) is 14.2 Å². The van der Waals surface area contributed by atoms with Crippen molar-refractivity contribution < 1.29 is 28.6 Å². The molecular weight excluding hydrogens is 636 g/mol. The Kier molecular flexibility index (Phi) is 7.00. The van der Waals surface area contributed by atoms with E-state index in [1.54, 1.807) is 43.5 Å². The normalized spacial score (nSPS) is 22.4. The molecule has 3 aliphatic rings. The number of benzene rings is 4. The molecule has 0 aromatic heterocycles. The second-order valence-electron chi connectivity index (χ2n) is 11.2. The van der Waals surface area contributed by atoms with Crippen molar-refractivity contribution in [1.29, 1.82) is 0 Å². The highest BCUT2D eigenvalue weighted by Crippen LogP contribution is 2.62. The molecule has 45 heavy (non-hydrogen) atoms. The highest BCUT2D eigenvalue weighted by molar-refractivity contribution is 9.10. The fourth-order valence-electron chi connectivity index (χ4n) is 7.33. The lowest BCUT2D eigenvalue weighted by Crippen LogP contribution is -2.49. The summed E-state index contributed by atoms with van der Waals surface area (Å²) in [5.41, 5.74) is 2.19. The minimum atomic E-state index is -1.47. The van der Waals surface area contributed by atoms with Crippen LogP contribution in [0.4, 0.5) is 5.69 Å². The second-order valence-corrected chi connectivity index (χ2v) is 12.1. The molecule has 9 heteroatoms. The molecule has 7 rings (SSSR count). The van der Waals surface area contributed by atoms with E-state index in [1.807, 2.05) is 65.7 Å². The van der Waals surface area contributed by atoms with Gasteiger partial charge in [0, 0.05) is 17.5 Å². The molecule has 3 heterocycles. The van der Waals surface area contributed by atoms with Gasteiger partial charge in [-0.25, -0.2) is 0 Å². The Morgan fingerprint density at radius 3 is 2.33 bits per heavy atom. The third-order valence-electron chi connectivity index (χ3n) is 9.23. The molecule has 1 N–H and O–H groups in total. The van der Waals surface area contributed by atoms with E-state index < -0.39 is 29.2 Å². The first-order chi connectivity index (χ1) is 21.8. The number of ketones is 2. The Hall–Kier alpha value is -4.89. The molecule has 1 saturated heterocycles. The van der Waals surface area contributed by atoms with Crippen LogP contribution in [0.5, 0.6) is 17.2 Å². The predicted molar refractivity (Wildman–Crippen MR) is 173 cm³/mol. The van der Waals surface area contributed by atoms with E-state index in [9.17, 15) is 9.59 Å². The number of anilines is 1. The van der Waals surface area contributed by atoms with Crippen molar-refractivity contribution in [1.82, 2.24) is 4.90 Å². The molecule has 226 valence electrons. The first-order valence-corrected chi connectivity index (χ1v) is 15.2. The Balaban J connectivity index is 1.54. The van der Waals surface area contributed by atoms with Gasteiger partial charge in [-0.15, -0.1) is 0 Å². The van der Waals surface area contributed by atoms with Crippen LogP contribution in [0.1, 0.15) is 43.4 Å². The molecule has 0 radical (unpaired) electrons. The lowest BCUT2D eigenvalue weighted by molar-refractivity contribution is -0.122. The van der Waals surface area contributed by atoms with Crippen LogP contribution < -0.4 is 19.5 Å². The standard InChI is InChI=1S/C36H29BrN2O6/c1-43-22-13-15-28(44-2)24(19-22)33(41)30-31(32(40)21-12-14-29(45-3)26(37)18-21)39-17-16-20-8-4-5-9-23(20)34(39)36(30)25-10-6-7-11-27(25)38-35(36)42/h4-19,30-31,34H,1-3H3,(H,38,42)/t30-,31+,34-,36-/m1/s1. The summed E-state index contributed by atoms with van der Waals surface area (Å²) >= 11 is 3.51. The first-order valence-electron chi connectivity index (χ1n) is 14.4. The van der Waals surface area contributed by atoms with E-state index in [4.69, 9.17) is 14.2 Å². The van der Waals surface area contributed by atoms with Gasteiger partial charge in [0.2, 0.25) is 5.91 Å². The average molecular weight is 666 g/mol. The van der Waals surface area contributed by atoms with Gasteiger partial charge < -0.3 is 24.4 Å². The fraction of sp³-hybridized carbons (Fsp3) is 0.194. The maximum atomic E-state index is 15.2. The van der Waals surface area contributed by atoms with Crippen LogP contribution >= 0.6 is 15.9 Å². The van der Waals surface area contributed by atoms with E-state index in [2.05, 4.69) is 21.2 Å². The molecule has 3 aliphatic heterocycles. The summed E-state index contributed by atoms with van der Waals surface area (Å²) in [5.74, 6) is -0.858. The van der Waals surface area contributed by atoms with Gasteiger partial charge >= 0.3 is 0 Å². The number of fused-ring (bicyclic) bond motifs is 6. The molecule has 0 bridgehead atoms. The zero-order valence-corrected chi connectivity index (χ0v) is 26.3. The summed E-state index contributed by atoms with van der Waals surface area (Å²) in [6.45, 7) is 0. The molecule has 4 aromatic carbocycles. The van der Waals surface area contributed by atoms with Crippen molar-refractivity contribution in [3.05, 3.63) is 123 Å². The fourth-order valence-corrected chi connectivity index (χ4v) is 7.87. The summed E-state index contributed by atoms with van der Waals surface area (Å²) < 4.78 is 17.2. The quantitative estimate of drug-likeness (QED) is 0.227. The minimum absolute atomic E-state index is 0.226. The number of hydrogen-bond donors (Lipinski definition) is 1. The van der Waals surface area contributed by atoms with Crippen LogP contribution in [0.3, 0.4) is 0 Å². The summed E-state index contributed by atoms with van der Waals surface area (Å²) in [6, 6.07) is 23.6. The number of amides is 1. The van der Waals surface area contributed by atoms with Gasteiger partial charge in [-0.05, 0) is 81.2 Å². The van der Waals surface area contributed by atoms with E-state index in [0.717, 1.165) is 11.1 Å². The largest absolute Gasteiger partial charge is 0.497 e. The van der Waals surface area contributed by atoms with Crippen molar-refractivity contribution in [2.24, 2.45) is 5.92 Å². The van der Waals surface area contributed by atoms with E-state index in [0.29, 0.717) is 38.5 Å². The van der Waals surface area contributed by atoms with Gasteiger partial charge in [-0.2, -0.15) is 0 Å². The number of carbonyl (C=O) groups excluding carboxylic acids is 3. The number of rotatable bonds is 7. The number of nitrogens with zero attached hydrogens (tertiary/aromatic N) is 1. The lowest BCUT2D eigenvalue weighted by atomic mass is 9.62. The minimum Gasteiger partial charge on any atom is -0.497 e. The molecular formula is C36H29BrN2O6. The van der Waals surface area contributed by atoms with Gasteiger partial charge in [-0.3, -0.25) is 14.4 Å². The smallest absolute Gasteiger partial charge is 0.238 e. The van der Waals surface area contributed by atoms with Crippen LogP contribution in [-0.2, 0) is 10.2 Å². The van der Waals surface area contributed by atoms with Gasteiger partial charge in [0.05, 0.1) is 43.3 Å². The third-order valence-corrected chi connectivity index (χ3v) is 9.85. The number of Topliss-reactive ketones (excluding diaryl/α,β-unsaturated/α-hetero) is 2. The SMILES string of the molecule is COc1ccc(OC)c(C(=O)[C@H]2[C@@H](C(=O)c3ccc(OC)c(Br)c3)N3C=Cc4ccccc4[C@@H]3[C@]23C(=O)Nc2ccccc23)c1. The summed E-state index contributed by atoms with van der Waals surface area (Å²) in [7, 11) is 4.55. The molecule has 8 nitrogen and oxygen atoms in total. The number of carbonyl (C=O) groups is 3.